The van der Waals surface area contributed by atoms with E-state index in [1.807, 2.05) is 13.8 Å². The van der Waals surface area contributed by atoms with Crippen LogP contribution in [0.3, 0.4) is 0 Å². The minimum absolute atomic E-state index is 0.00677. The molecule has 0 aliphatic heterocycles. The molecule has 0 bridgehead atoms. The summed E-state index contributed by atoms with van der Waals surface area (Å²) in [7, 11) is 3.04. The fourth-order valence-corrected chi connectivity index (χ4v) is 2.25. The van der Waals surface area contributed by atoms with Crippen molar-refractivity contribution in [2.75, 3.05) is 33.9 Å². The molecule has 0 radical (unpaired) electrons. The maximum absolute atomic E-state index is 12.2. The number of methoxy groups -OCH3 is 2. The van der Waals surface area contributed by atoms with Crippen LogP contribution in [-0.2, 0) is 4.79 Å². The predicted octanol–water partition coefficient (Wildman–Crippen LogP) is 2.08. The van der Waals surface area contributed by atoms with Crippen molar-refractivity contribution in [1.29, 1.82) is 0 Å². The van der Waals surface area contributed by atoms with E-state index in [4.69, 9.17) is 9.47 Å². The van der Waals surface area contributed by atoms with Crippen molar-refractivity contribution in [2.24, 2.45) is 0 Å². The van der Waals surface area contributed by atoms with E-state index in [0.29, 0.717) is 30.2 Å². The summed E-state index contributed by atoms with van der Waals surface area (Å²) in [5.41, 5.74) is 0.424. The van der Waals surface area contributed by atoms with Gasteiger partial charge in [-0.3, -0.25) is 9.59 Å². The fourth-order valence-electron chi connectivity index (χ4n) is 2.25. The van der Waals surface area contributed by atoms with Crippen molar-refractivity contribution in [1.82, 2.24) is 10.2 Å². The van der Waals surface area contributed by atoms with E-state index in [-0.39, 0.29) is 18.4 Å². The van der Waals surface area contributed by atoms with E-state index in [1.54, 1.807) is 23.1 Å². The molecular weight excluding hydrogens is 296 g/mol. The fraction of sp³-hybridized carbons (Fsp3) is 0.529. The summed E-state index contributed by atoms with van der Waals surface area (Å²) in [6, 6.07) is 4.89. The predicted molar refractivity (Wildman–Crippen MR) is 89.0 cm³/mol. The molecule has 128 valence electrons. The first-order chi connectivity index (χ1) is 11.1. The standard InChI is InChI=1S/C17H26N2O4/c1-5-9-19(10-6-2)16(20)12-18-17(21)13-7-8-14(22-3)15(11-13)23-4/h7-8,11H,5-6,9-10,12H2,1-4H3,(H,18,21). The Hall–Kier alpha value is -2.24. The number of carbonyl (C=O) groups excluding carboxylic acids is 2. The van der Waals surface area contributed by atoms with Crippen LogP contribution in [0.2, 0.25) is 0 Å². The number of benzene rings is 1. The first kappa shape index (κ1) is 18.8. The van der Waals surface area contributed by atoms with Crippen LogP contribution in [0.4, 0.5) is 0 Å². The Morgan fingerprint density at radius 2 is 1.65 bits per heavy atom. The Balaban J connectivity index is 2.67. The third kappa shape index (κ3) is 5.47. The largest absolute Gasteiger partial charge is 0.493 e. The first-order valence-electron chi connectivity index (χ1n) is 7.85. The van der Waals surface area contributed by atoms with Crippen LogP contribution in [0, 0.1) is 0 Å². The maximum atomic E-state index is 12.2. The molecule has 0 aliphatic carbocycles. The van der Waals surface area contributed by atoms with Crippen LogP contribution in [0.25, 0.3) is 0 Å². The Morgan fingerprint density at radius 1 is 1.04 bits per heavy atom. The highest BCUT2D eigenvalue weighted by atomic mass is 16.5. The minimum atomic E-state index is -0.313. The molecule has 0 heterocycles. The Labute approximate surface area is 137 Å². The third-order valence-electron chi connectivity index (χ3n) is 3.39. The normalized spacial score (nSPS) is 10.1. The van der Waals surface area contributed by atoms with Crippen molar-refractivity contribution in [3.63, 3.8) is 0 Å². The lowest BCUT2D eigenvalue weighted by atomic mass is 10.2. The van der Waals surface area contributed by atoms with E-state index in [0.717, 1.165) is 12.8 Å². The van der Waals surface area contributed by atoms with Crippen LogP contribution in [0.5, 0.6) is 11.5 Å². The molecule has 0 fully saturated rings. The molecule has 0 aliphatic rings. The van der Waals surface area contributed by atoms with Crippen molar-refractivity contribution in [2.45, 2.75) is 26.7 Å². The molecule has 0 atom stereocenters. The van der Waals surface area contributed by atoms with Gasteiger partial charge in [0.1, 0.15) is 0 Å². The lowest BCUT2D eigenvalue weighted by molar-refractivity contribution is -0.130. The van der Waals surface area contributed by atoms with Crippen LogP contribution >= 0.6 is 0 Å². The highest BCUT2D eigenvalue weighted by molar-refractivity contribution is 5.97. The highest BCUT2D eigenvalue weighted by Gasteiger charge is 2.15. The van der Waals surface area contributed by atoms with E-state index < -0.39 is 0 Å². The SMILES string of the molecule is CCCN(CCC)C(=O)CNC(=O)c1ccc(OC)c(OC)c1. The number of rotatable bonds is 9. The average Bonchev–Trinajstić information content (AvgIpc) is 2.58. The summed E-state index contributed by atoms with van der Waals surface area (Å²) in [6.07, 6.45) is 1.80. The molecule has 0 saturated carbocycles. The van der Waals surface area contributed by atoms with Gasteiger partial charge in [0.05, 0.1) is 20.8 Å². The summed E-state index contributed by atoms with van der Waals surface area (Å²) in [5.74, 6) is 0.650. The van der Waals surface area contributed by atoms with Crippen LogP contribution in [-0.4, -0.2) is 50.6 Å². The van der Waals surface area contributed by atoms with Crippen LogP contribution in [0.1, 0.15) is 37.0 Å². The van der Waals surface area contributed by atoms with Gasteiger partial charge >= 0.3 is 0 Å². The molecule has 2 amide bonds. The average molecular weight is 322 g/mol. The second-order valence-corrected chi connectivity index (χ2v) is 5.13. The maximum Gasteiger partial charge on any atom is 0.251 e. The zero-order valence-corrected chi connectivity index (χ0v) is 14.3. The lowest BCUT2D eigenvalue weighted by Gasteiger charge is -2.21. The first-order valence-corrected chi connectivity index (χ1v) is 7.85. The Kier molecular flexibility index (Phi) is 7.94. The van der Waals surface area contributed by atoms with E-state index >= 15 is 0 Å². The zero-order valence-electron chi connectivity index (χ0n) is 14.3. The smallest absolute Gasteiger partial charge is 0.251 e. The van der Waals surface area contributed by atoms with Gasteiger partial charge in [-0.15, -0.1) is 0 Å². The third-order valence-corrected chi connectivity index (χ3v) is 3.39. The van der Waals surface area contributed by atoms with E-state index in [2.05, 4.69) is 5.32 Å². The van der Waals surface area contributed by atoms with E-state index in [1.165, 1.54) is 14.2 Å². The van der Waals surface area contributed by atoms with Gasteiger partial charge in [-0.25, -0.2) is 0 Å². The van der Waals surface area contributed by atoms with Gasteiger partial charge in [-0.05, 0) is 31.0 Å². The summed E-state index contributed by atoms with van der Waals surface area (Å²) in [4.78, 5) is 26.1. The highest BCUT2D eigenvalue weighted by Crippen LogP contribution is 2.27. The number of ether oxygens (including phenoxy) is 2. The molecule has 6 nitrogen and oxygen atoms in total. The van der Waals surface area contributed by atoms with Gasteiger partial charge in [-0.1, -0.05) is 13.8 Å². The molecular formula is C17H26N2O4. The molecule has 0 spiro atoms. The summed E-state index contributed by atoms with van der Waals surface area (Å²) < 4.78 is 10.3. The second kappa shape index (κ2) is 9.71. The van der Waals surface area contributed by atoms with E-state index in [9.17, 15) is 9.59 Å². The molecule has 1 rings (SSSR count). The van der Waals surface area contributed by atoms with Gasteiger partial charge in [0, 0.05) is 18.7 Å². The van der Waals surface area contributed by atoms with Gasteiger partial charge in [0.2, 0.25) is 5.91 Å². The number of hydrogen-bond acceptors (Lipinski definition) is 4. The number of carbonyl (C=O) groups is 2. The Morgan fingerprint density at radius 3 is 2.17 bits per heavy atom. The number of nitrogens with zero attached hydrogens (tertiary/aromatic N) is 1. The van der Waals surface area contributed by atoms with Crippen LogP contribution in [0.15, 0.2) is 18.2 Å². The minimum Gasteiger partial charge on any atom is -0.493 e. The molecule has 0 aromatic heterocycles. The molecule has 23 heavy (non-hydrogen) atoms. The molecule has 0 unspecified atom stereocenters. The number of hydrogen-bond donors (Lipinski definition) is 1. The molecule has 0 saturated heterocycles. The molecule has 1 aromatic rings. The summed E-state index contributed by atoms with van der Waals surface area (Å²) >= 11 is 0. The molecule has 6 heteroatoms. The zero-order chi connectivity index (χ0) is 17.2. The van der Waals surface area contributed by atoms with Crippen molar-refractivity contribution in [3.05, 3.63) is 23.8 Å². The van der Waals surface area contributed by atoms with Gasteiger partial charge in [-0.2, -0.15) is 0 Å². The van der Waals surface area contributed by atoms with Gasteiger partial charge < -0.3 is 19.7 Å². The van der Waals surface area contributed by atoms with Crippen molar-refractivity contribution < 1.29 is 19.1 Å². The van der Waals surface area contributed by atoms with Crippen molar-refractivity contribution in [3.8, 4) is 11.5 Å². The molecule has 1 aromatic carbocycles. The monoisotopic (exact) mass is 322 g/mol. The Bertz CT molecular complexity index is 525. The molecule has 1 N–H and O–H groups in total. The van der Waals surface area contributed by atoms with Gasteiger partial charge in [0.25, 0.3) is 5.91 Å². The topological polar surface area (TPSA) is 67.9 Å². The summed E-state index contributed by atoms with van der Waals surface area (Å²) in [5, 5.41) is 2.66. The lowest BCUT2D eigenvalue weighted by Crippen LogP contribution is -2.40. The van der Waals surface area contributed by atoms with Gasteiger partial charge in [0.15, 0.2) is 11.5 Å². The van der Waals surface area contributed by atoms with Crippen LogP contribution < -0.4 is 14.8 Å². The summed E-state index contributed by atoms with van der Waals surface area (Å²) in [6.45, 7) is 5.46. The second-order valence-electron chi connectivity index (χ2n) is 5.13. The quantitative estimate of drug-likeness (QED) is 0.756. The number of amides is 2. The number of nitrogens with one attached hydrogen (secondary N) is 1. The van der Waals surface area contributed by atoms with Crippen molar-refractivity contribution >= 4 is 11.8 Å².